The highest BCUT2D eigenvalue weighted by Gasteiger charge is 2.25. The zero-order valence-electron chi connectivity index (χ0n) is 15.4. The fourth-order valence-electron chi connectivity index (χ4n) is 3.49. The van der Waals surface area contributed by atoms with Gasteiger partial charge in [-0.3, -0.25) is 9.78 Å². The van der Waals surface area contributed by atoms with Gasteiger partial charge in [-0.1, -0.05) is 18.2 Å². The van der Waals surface area contributed by atoms with Crippen LogP contribution in [0.3, 0.4) is 0 Å². The van der Waals surface area contributed by atoms with Crippen LogP contribution in [0.5, 0.6) is 0 Å². The predicted molar refractivity (Wildman–Crippen MR) is 107 cm³/mol. The molecule has 3 heterocycles. The summed E-state index contributed by atoms with van der Waals surface area (Å²) in [7, 11) is 1.94. The standard InChI is InChI=1S/C21H23N5O/c1-22-17-9-11-26(14-17)21(27)16-7-8-20(25-13-16)24-12-15-4-2-6-19-18(15)5-3-10-23-19/h2-8,10,13,17,22H,9,11-12,14H2,1H3,(H,24,25)/t17-/m0/s1. The van der Waals surface area contributed by atoms with Crippen molar-refractivity contribution in [3.63, 3.8) is 0 Å². The summed E-state index contributed by atoms with van der Waals surface area (Å²) in [5, 5.41) is 7.69. The van der Waals surface area contributed by atoms with E-state index in [0.29, 0.717) is 18.2 Å². The predicted octanol–water partition coefficient (Wildman–Crippen LogP) is 2.68. The van der Waals surface area contributed by atoms with Crippen LogP contribution in [-0.2, 0) is 6.54 Å². The number of likely N-dealkylation sites (tertiary alicyclic amines) is 1. The molecule has 2 aromatic heterocycles. The number of nitrogens with zero attached hydrogens (tertiary/aromatic N) is 3. The van der Waals surface area contributed by atoms with Crippen molar-refractivity contribution in [3.8, 4) is 0 Å². The molecule has 27 heavy (non-hydrogen) atoms. The van der Waals surface area contributed by atoms with Gasteiger partial charge >= 0.3 is 0 Å². The minimum atomic E-state index is 0.0481. The van der Waals surface area contributed by atoms with Gasteiger partial charge in [0.05, 0.1) is 11.1 Å². The number of rotatable bonds is 5. The Morgan fingerprint density at radius 3 is 2.89 bits per heavy atom. The van der Waals surface area contributed by atoms with E-state index < -0.39 is 0 Å². The zero-order valence-corrected chi connectivity index (χ0v) is 15.4. The van der Waals surface area contributed by atoms with Gasteiger partial charge in [0.1, 0.15) is 5.82 Å². The molecule has 1 amide bonds. The lowest BCUT2D eigenvalue weighted by atomic mass is 10.1. The molecular weight excluding hydrogens is 338 g/mol. The van der Waals surface area contributed by atoms with Crippen molar-refractivity contribution < 1.29 is 4.79 Å². The Bertz CT molecular complexity index is 935. The summed E-state index contributed by atoms with van der Waals surface area (Å²) in [5.74, 6) is 0.800. The summed E-state index contributed by atoms with van der Waals surface area (Å²) in [6.45, 7) is 2.20. The van der Waals surface area contributed by atoms with Crippen molar-refractivity contribution in [3.05, 3.63) is 66.0 Å². The fourth-order valence-corrected chi connectivity index (χ4v) is 3.49. The largest absolute Gasteiger partial charge is 0.366 e. The first-order chi connectivity index (χ1) is 13.2. The van der Waals surface area contributed by atoms with Crippen LogP contribution in [-0.4, -0.2) is 47.0 Å². The van der Waals surface area contributed by atoms with E-state index in [2.05, 4.69) is 32.7 Å². The van der Waals surface area contributed by atoms with Gasteiger partial charge in [-0.25, -0.2) is 4.98 Å². The highest BCUT2D eigenvalue weighted by Crippen LogP contribution is 2.18. The lowest BCUT2D eigenvalue weighted by molar-refractivity contribution is 0.0789. The van der Waals surface area contributed by atoms with E-state index in [-0.39, 0.29) is 5.91 Å². The summed E-state index contributed by atoms with van der Waals surface area (Å²) >= 11 is 0. The van der Waals surface area contributed by atoms with Crippen molar-refractivity contribution >= 4 is 22.6 Å². The molecule has 1 aromatic carbocycles. The number of nitrogens with one attached hydrogen (secondary N) is 2. The Hall–Kier alpha value is -2.99. The molecule has 1 aliphatic heterocycles. The number of amides is 1. The maximum absolute atomic E-state index is 12.6. The van der Waals surface area contributed by atoms with Gasteiger partial charge in [0.15, 0.2) is 0 Å². The third kappa shape index (κ3) is 3.75. The first-order valence-corrected chi connectivity index (χ1v) is 9.23. The first-order valence-electron chi connectivity index (χ1n) is 9.23. The second-order valence-corrected chi connectivity index (χ2v) is 6.80. The minimum Gasteiger partial charge on any atom is -0.366 e. The van der Waals surface area contributed by atoms with Gasteiger partial charge in [-0.15, -0.1) is 0 Å². The fraction of sp³-hybridized carbons (Fsp3) is 0.286. The molecule has 0 radical (unpaired) electrons. The van der Waals surface area contributed by atoms with Crippen LogP contribution in [0.2, 0.25) is 0 Å². The summed E-state index contributed by atoms with van der Waals surface area (Å²) < 4.78 is 0. The highest BCUT2D eigenvalue weighted by atomic mass is 16.2. The SMILES string of the molecule is CN[C@H]1CCN(C(=O)c2ccc(NCc3cccc4ncccc34)nc2)C1. The van der Waals surface area contributed by atoms with Crippen molar-refractivity contribution in [1.29, 1.82) is 0 Å². The smallest absolute Gasteiger partial charge is 0.255 e. The molecular formula is C21H23N5O. The third-order valence-corrected chi connectivity index (χ3v) is 5.09. The van der Waals surface area contributed by atoms with E-state index in [1.807, 2.05) is 42.3 Å². The minimum absolute atomic E-state index is 0.0481. The second-order valence-electron chi connectivity index (χ2n) is 6.80. The van der Waals surface area contributed by atoms with E-state index >= 15 is 0 Å². The molecule has 2 N–H and O–H groups in total. The van der Waals surface area contributed by atoms with Crippen LogP contribution in [0.15, 0.2) is 54.9 Å². The number of hydrogen-bond donors (Lipinski definition) is 2. The number of pyridine rings is 2. The van der Waals surface area contributed by atoms with Crippen molar-refractivity contribution in [1.82, 2.24) is 20.2 Å². The monoisotopic (exact) mass is 361 g/mol. The molecule has 0 unspecified atom stereocenters. The molecule has 0 saturated carbocycles. The van der Waals surface area contributed by atoms with E-state index in [1.54, 1.807) is 12.4 Å². The van der Waals surface area contributed by atoms with Gasteiger partial charge in [0, 0.05) is 43.5 Å². The molecule has 6 heteroatoms. The molecule has 0 spiro atoms. The first kappa shape index (κ1) is 17.4. The summed E-state index contributed by atoms with van der Waals surface area (Å²) in [4.78, 5) is 23.3. The molecule has 0 bridgehead atoms. The Morgan fingerprint density at radius 1 is 1.19 bits per heavy atom. The number of fused-ring (bicyclic) bond motifs is 1. The van der Waals surface area contributed by atoms with E-state index in [0.717, 1.165) is 41.8 Å². The molecule has 0 aliphatic carbocycles. The molecule has 1 saturated heterocycles. The van der Waals surface area contributed by atoms with Crippen molar-refractivity contribution in [2.24, 2.45) is 0 Å². The summed E-state index contributed by atoms with van der Waals surface area (Å²) in [6.07, 6.45) is 4.45. The topological polar surface area (TPSA) is 70.2 Å². The van der Waals surface area contributed by atoms with Crippen molar-refractivity contribution in [2.45, 2.75) is 19.0 Å². The highest BCUT2D eigenvalue weighted by molar-refractivity contribution is 5.94. The van der Waals surface area contributed by atoms with Crippen LogP contribution in [0, 0.1) is 0 Å². The Labute approximate surface area is 158 Å². The Kier molecular flexibility index (Phi) is 4.98. The van der Waals surface area contributed by atoms with E-state index in [4.69, 9.17) is 0 Å². The average molecular weight is 361 g/mol. The number of hydrogen-bond acceptors (Lipinski definition) is 5. The lowest BCUT2D eigenvalue weighted by Gasteiger charge is -2.16. The third-order valence-electron chi connectivity index (χ3n) is 5.09. The van der Waals surface area contributed by atoms with E-state index in [9.17, 15) is 4.79 Å². The molecule has 3 aromatic rings. The van der Waals surface area contributed by atoms with Crippen LogP contribution in [0.4, 0.5) is 5.82 Å². The summed E-state index contributed by atoms with van der Waals surface area (Å²) in [5.41, 5.74) is 2.78. The number of benzene rings is 1. The quantitative estimate of drug-likeness (QED) is 0.731. The van der Waals surface area contributed by atoms with Gasteiger partial charge in [0.2, 0.25) is 0 Å². The number of anilines is 1. The van der Waals surface area contributed by atoms with E-state index in [1.165, 1.54) is 0 Å². The molecule has 1 fully saturated rings. The van der Waals surface area contributed by atoms with Crippen LogP contribution in [0.1, 0.15) is 22.3 Å². The summed E-state index contributed by atoms with van der Waals surface area (Å²) in [6, 6.07) is 14.2. The number of likely N-dealkylation sites (N-methyl/N-ethyl adjacent to an activating group) is 1. The second kappa shape index (κ2) is 7.72. The molecule has 138 valence electrons. The maximum atomic E-state index is 12.6. The zero-order chi connectivity index (χ0) is 18.6. The van der Waals surface area contributed by atoms with Gasteiger partial charge in [-0.05, 0) is 43.3 Å². The Morgan fingerprint density at radius 2 is 2.11 bits per heavy atom. The maximum Gasteiger partial charge on any atom is 0.255 e. The molecule has 1 aliphatic rings. The Balaban J connectivity index is 1.41. The van der Waals surface area contributed by atoms with Crippen LogP contribution in [0.25, 0.3) is 10.9 Å². The van der Waals surface area contributed by atoms with Gasteiger partial charge < -0.3 is 15.5 Å². The lowest BCUT2D eigenvalue weighted by Crippen LogP contribution is -2.33. The molecule has 6 nitrogen and oxygen atoms in total. The van der Waals surface area contributed by atoms with Gasteiger partial charge in [-0.2, -0.15) is 0 Å². The number of aromatic nitrogens is 2. The number of carbonyl (C=O) groups excluding carboxylic acids is 1. The van der Waals surface area contributed by atoms with Crippen LogP contribution < -0.4 is 10.6 Å². The van der Waals surface area contributed by atoms with Gasteiger partial charge in [0.25, 0.3) is 5.91 Å². The number of carbonyl (C=O) groups is 1. The van der Waals surface area contributed by atoms with Crippen molar-refractivity contribution in [2.75, 3.05) is 25.5 Å². The van der Waals surface area contributed by atoms with Crippen LogP contribution >= 0.6 is 0 Å². The average Bonchev–Trinajstić information content (AvgIpc) is 3.21. The molecule has 4 rings (SSSR count). The normalized spacial score (nSPS) is 16.6. The molecule has 1 atom stereocenters.